The van der Waals surface area contributed by atoms with Crippen molar-refractivity contribution in [1.29, 1.82) is 0 Å². The number of hydrogen-bond acceptors (Lipinski definition) is 9. The van der Waals surface area contributed by atoms with E-state index in [0.717, 1.165) is 30.5 Å². The summed E-state index contributed by atoms with van der Waals surface area (Å²) in [7, 11) is -3.76. The van der Waals surface area contributed by atoms with Crippen LogP contribution in [0.1, 0.15) is 20.7 Å². The summed E-state index contributed by atoms with van der Waals surface area (Å²) in [5.74, 6) is -2.52. The molecule has 2 rings (SSSR count). The van der Waals surface area contributed by atoms with Crippen LogP contribution in [-0.2, 0) is 9.84 Å². The molecule has 2 aromatic rings. The molecule has 30 heavy (non-hydrogen) atoms. The topological polar surface area (TPSA) is 195 Å². The highest BCUT2D eigenvalue weighted by molar-refractivity contribution is 7.98. The molecule has 0 spiro atoms. The maximum Gasteiger partial charge on any atom is 0.335 e. The Morgan fingerprint density at radius 2 is 1.33 bits per heavy atom. The summed E-state index contributed by atoms with van der Waals surface area (Å²) in [6, 6.07) is 6.49. The molecule has 0 bridgehead atoms. The van der Waals surface area contributed by atoms with Gasteiger partial charge in [0.2, 0.25) is 0 Å². The Labute approximate surface area is 173 Å². The maximum atomic E-state index is 11.2. The molecule has 0 heterocycles. The van der Waals surface area contributed by atoms with Gasteiger partial charge in [0.05, 0.1) is 25.9 Å². The summed E-state index contributed by atoms with van der Waals surface area (Å²) in [4.78, 5) is 40.7. The lowest BCUT2D eigenvalue weighted by Gasteiger charge is -2.01. The molecular formula is C16H14N2O10S2. The Morgan fingerprint density at radius 1 is 0.900 bits per heavy atom. The predicted molar refractivity (Wildman–Crippen MR) is 105 cm³/mol. The highest BCUT2D eigenvalue weighted by atomic mass is 32.2. The molecule has 0 unspecified atom stereocenters. The van der Waals surface area contributed by atoms with Crippen molar-refractivity contribution in [3.05, 3.63) is 67.8 Å². The number of benzene rings is 2. The van der Waals surface area contributed by atoms with Gasteiger partial charge in [0.1, 0.15) is 4.90 Å². The first-order chi connectivity index (χ1) is 13.8. The normalized spacial score (nSPS) is 10.5. The molecule has 0 amide bonds. The minimum absolute atomic E-state index is 0.0745. The van der Waals surface area contributed by atoms with Crippen LogP contribution < -0.4 is 0 Å². The Morgan fingerprint density at radius 3 is 1.70 bits per heavy atom. The van der Waals surface area contributed by atoms with E-state index in [1.807, 2.05) is 0 Å². The van der Waals surface area contributed by atoms with Gasteiger partial charge in [-0.05, 0) is 30.5 Å². The van der Waals surface area contributed by atoms with E-state index in [2.05, 4.69) is 0 Å². The van der Waals surface area contributed by atoms with Crippen molar-refractivity contribution in [1.82, 2.24) is 0 Å². The van der Waals surface area contributed by atoms with Gasteiger partial charge in [-0.3, -0.25) is 20.2 Å². The van der Waals surface area contributed by atoms with E-state index in [-0.39, 0.29) is 16.8 Å². The zero-order valence-corrected chi connectivity index (χ0v) is 17.0. The molecule has 0 saturated heterocycles. The van der Waals surface area contributed by atoms with E-state index >= 15 is 0 Å². The fraction of sp³-hybridized carbons (Fsp3) is 0.125. The van der Waals surface area contributed by atoms with Crippen molar-refractivity contribution in [3.63, 3.8) is 0 Å². The highest BCUT2D eigenvalue weighted by Gasteiger charge is 2.23. The van der Waals surface area contributed by atoms with Gasteiger partial charge in [-0.1, -0.05) is 0 Å². The molecule has 0 aliphatic carbocycles. The Bertz CT molecular complexity index is 1130. The van der Waals surface area contributed by atoms with E-state index in [9.17, 15) is 38.2 Å². The predicted octanol–water partition coefficient (Wildman–Crippen LogP) is 2.71. The van der Waals surface area contributed by atoms with Crippen LogP contribution in [0.15, 0.2) is 46.2 Å². The average molecular weight is 458 g/mol. The van der Waals surface area contributed by atoms with Gasteiger partial charge in [0.25, 0.3) is 11.4 Å². The number of sulfone groups is 1. The monoisotopic (exact) mass is 458 g/mol. The molecule has 160 valence electrons. The Kier molecular flexibility index (Phi) is 8.01. The largest absolute Gasteiger partial charge is 0.478 e. The van der Waals surface area contributed by atoms with Gasteiger partial charge in [-0.15, -0.1) is 11.8 Å². The molecule has 0 radical (unpaired) electrons. The Balaban J connectivity index is 0.000000303. The SMILES string of the molecule is CS(=O)(=O)c1ccc(C(=O)O)cc1[N+](=O)[O-].CSc1ccc(C(=O)O)cc1[N+](=O)[O-]. The van der Waals surface area contributed by atoms with Crippen molar-refractivity contribution in [2.75, 3.05) is 12.5 Å². The van der Waals surface area contributed by atoms with Crippen LogP contribution in [0.5, 0.6) is 0 Å². The Hall–Kier alpha value is -3.52. The molecule has 12 nitrogen and oxygen atoms in total. The van der Waals surface area contributed by atoms with Crippen LogP contribution in [0.4, 0.5) is 11.4 Å². The number of thioether (sulfide) groups is 1. The number of hydrogen-bond donors (Lipinski definition) is 2. The van der Waals surface area contributed by atoms with Gasteiger partial charge >= 0.3 is 11.9 Å². The van der Waals surface area contributed by atoms with Crippen LogP contribution in [0.2, 0.25) is 0 Å². The second-order valence-corrected chi connectivity index (χ2v) is 8.30. The summed E-state index contributed by atoms with van der Waals surface area (Å²) in [5, 5.41) is 38.4. The van der Waals surface area contributed by atoms with Crippen molar-refractivity contribution >= 4 is 44.9 Å². The molecule has 0 aliphatic heterocycles. The van der Waals surface area contributed by atoms with Gasteiger partial charge in [-0.2, -0.15) is 0 Å². The number of carboxylic acid groups (broad SMARTS) is 2. The zero-order valence-electron chi connectivity index (χ0n) is 15.3. The molecule has 14 heteroatoms. The molecule has 2 aromatic carbocycles. The minimum atomic E-state index is -3.76. The van der Waals surface area contributed by atoms with E-state index in [1.165, 1.54) is 23.9 Å². The number of nitro groups is 2. The van der Waals surface area contributed by atoms with Crippen LogP contribution in [0.25, 0.3) is 0 Å². The molecule has 2 N–H and O–H groups in total. The smallest absolute Gasteiger partial charge is 0.335 e. The van der Waals surface area contributed by atoms with Crippen LogP contribution in [-0.4, -0.2) is 52.9 Å². The van der Waals surface area contributed by atoms with Gasteiger partial charge < -0.3 is 10.2 Å². The van der Waals surface area contributed by atoms with Crippen molar-refractivity contribution in [2.24, 2.45) is 0 Å². The average Bonchev–Trinajstić information content (AvgIpc) is 2.66. The van der Waals surface area contributed by atoms with Crippen molar-refractivity contribution in [3.8, 4) is 0 Å². The lowest BCUT2D eigenvalue weighted by Crippen LogP contribution is -2.05. The van der Waals surface area contributed by atoms with Gasteiger partial charge in [0, 0.05) is 18.4 Å². The maximum absolute atomic E-state index is 11.2. The number of rotatable bonds is 6. The third-order valence-corrected chi connectivity index (χ3v) is 5.35. The number of carbonyl (C=O) groups is 2. The fourth-order valence-electron chi connectivity index (χ4n) is 2.07. The molecule has 0 aliphatic rings. The lowest BCUT2D eigenvalue weighted by molar-refractivity contribution is -0.388. The second kappa shape index (κ2) is 9.80. The molecule has 0 atom stereocenters. The second-order valence-electron chi connectivity index (χ2n) is 5.47. The first-order valence-corrected chi connectivity index (χ1v) is 10.7. The lowest BCUT2D eigenvalue weighted by atomic mass is 10.2. The molecule has 0 aromatic heterocycles. The molecular weight excluding hydrogens is 444 g/mol. The summed E-state index contributed by atoms with van der Waals surface area (Å²) in [5.41, 5.74) is -1.31. The van der Waals surface area contributed by atoms with Crippen LogP contribution in [0.3, 0.4) is 0 Å². The van der Waals surface area contributed by atoms with E-state index in [1.54, 1.807) is 6.26 Å². The zero-order chi connectivity index (χ0) is 23.2. The summed E-state index contributed by atoms with van der Waals surface area (Å²) >= 11 is 1.21. The first kappa shape index (κ1) is 24.5. The third-order valence-electron chi connectivity index (χ3n) is 3.42. The summed E-state index contributed by atoms with van der Waals surface area (Å²) < 4.78 is 22.4. The summed E-state index contributed by atoms with van der Waals surface area (Å²) in [6.45, 7) is 0. The van der Waals surface area contributed by atoms with Crippen LogP contribution in [0, 0.1) is 20.2 Å². The molecule has 0 saturated carbocycles. The van der Waals surface area contributed by atoms with Crippen molar-refractivity contribution in [2.45, 2.75) is 9.79 Å². The number of nitrogens with zero attached hydrogens (tertiary/aromatic N) is 2. The number of nitro benzene ring substituents is 2. The van der Waals surface area contributed by atoms with Crippen molar-refractivity contribution < 1.29 is 38.1 Å². The third kappa shape index (κ3) is 6.25. The highest BCUT2D eigenvalue weighted by Crippen LogP contribution is 2.28. The van der Waals surface area contributed by atoms with E-state index in [0.29, 0.717) is 4.90 Å². The van der Waals surface area contributed by atoms with E-state index < -0.39 is 42.2 Å². The van der Waals surface area contributed by atoms with Gasteiger partial charge in [-0.25, -0.2) is 18.0 Å². The van der Waals surface area contributed by atoms with Crippen LogP contribution >= 0.6 is 11.8 Å². The van der Waals surface area contributed by atoms with E-state index in [4.69, 9.17) is 10.2 Å². The number of carboxylic acids is 2. The quantitative estimate of drug-likeness (QED) is 0.367. The van der Waals surface area contributed by atoms with Gasteiger partial charge in [0.15, 0.2) is 9.84 Å². The standard InChI is InChI=1S/C8H7NO6S.C8H7NO4S/c1-16(14,15)7-3-2-5(8(10)11)4-6(7)9(12)13;1-14-7-3-2-5(8(10)11)4-6(7)9(12)13/h2-4H,1H3,(H,10,11);2-4H,1H3,(H,10,11). The fourth-order valence-corrected chi connectivity index (χ4v) is 3.45. The minimum Gasteiger partial charge on any atom is -0.478 e. The molecule has 0 fully saturated rings. The first-order valence-electron chi connectivity index (χ1n) is 7.57. The summed E-state index contributed by atoms with van der Waals surface area (Å²) in [6.07, 6.45) is 2.51. The number of aromatic carboxylic acids is 2.